The first-order valence-corrected chi connectivity index (χ1v) is 9.87. The highest BCUT2D eigenvalue weighted by atomic mass is 32.2. The van der Waals surface area contributed by atoms with Gasteiger partial charge in [0.25, 0.3) is 0 Å². The van der Waals surface area contributed by atoms with Crippen LogP contribution >= 0.6 is 0 Å². The third-order valence-electron chi connectivity index (χ3n) is 4.34. The van der Waals surface area contributed by atoms with Crippen molar-refractivity contribution < 1.29 is 8.42 Å². The SMILES string of the molecule is CCCc1ccc(C(N)CS(=O)(=O)CC2CCCC2)cc1. The van der Waals surface area contributed by atoms with Gasteiger partial charge in [-0.1, -0.05) is 50.5 Å². The van der Waals surface area contributed by atoms with E-state index >= 15 is 0 Å². The maximum atomic E-state index is 12.3. The average Bonchev–Trinajstić information content (AvgIpc) is 2.91. The molecule has 1 saturated carbocycles. The lowest BCUT2D eigenvalue weighted by Crippen LogP contribution is -2.26. The van der Waals surface area contributed by atoms with Crippen LogP contribution in [-0.4, -0.2) is 19.9 Å². The molecule has 2 N–H and O–H groups in total. The Hall–Kier alpha value is -0.870. The zero-order valence-corrected chi connectivity index (χ0v) is 13.7. The Morgan fingerprint density at radius 2 is 1.81 bits per heavy atom. The average molecular weight is 309 g/mol. The summed E-state index contributed by atoms with van der Waals surface area (Å²) in [5.41, 5.74) is 8.30. The van der Waals surface area contributed by atoms with Crippen LogP contribution in [0.3, 0.4) is 0 Å². The lowest BCUT2D eigenvalue weighted by Gasteiger charge is -2.15. The van der Waals surface area contributed by atoms with E-state index in [9.17, 15) is 8.42 Å². The molecule has 1 aliphatic carbocycles. The van der Waals surface area contributed by atoms with Crippen LogP contribution in [0.4, 0.5) is 0 Å². The van der Waals surface area contributed by atoms with Gasteiger partial charge >= 0.3 is 0 Å². The molecular weight excluding hydrogens is 282 g/mol. The van der Waals surface area contributed by atoms with Gasteiger partial charge in [0.05, 0.1) is 11.5 Å². The molecule has 0 spiro atoms. The fourth-order valence-corrected chi connectivity index (χ4v) is 5.12. The van der Waals surface area contributed by atoms with Crippen LogP contribution in [0.25, 0.3) is 0 Å². The highest BCUT2D eigenvalue weighted by Gasteiger charge is 2.24. The lowest BCUT2D eigenvalue weighted by atomic mass is 10.0. The summed E-state index contributed by atoms with van der Waals surface area (Å²) in [5.74, 6) is 0.736. The van der Waals surface area contributed by atoms with E-state index in [4.69, 9.17) is 5.73 Å². The first kappa shape index (κ1) is 16.5. The molecule has 0 amide bonds. The number of sulfone groups is 1. The van der Waals surface area contributed by atoms with Crippen molar-refractivity contribution in [1.29, 1.82) is 0 Å². The Labute approximate surface area is 128 Å². The van der Waals surface area contributed by atoms with E-state index in [-0.39, 0.29) is 5.75 Å². The third kappa shape index (κ3) is 5.11. The second kappa shape index (κ2) is 7.41. The molecule has 1 unspecified atom stereocenters. The minimum atomic E-state index is -3.06. The highest BCUT2D eigenvalue weighted by Crippen LogP contribution is 2.27. The summed E-state index contributed by atoms with van der Waals surface area (Å²) in [4.78, 5) is 0. The molecule has 1 aromatic carbocycles. The molecule has 0 aromatic heterocycles. The van der Waals surface area contributed by atoms with Gasteiger partial charge in [0, 0.05) is 6.04 Å². The molecular formula is C17H27NO2S. The largest absolute Gasteiger partial charge is 0.323 e. The second-order valence-corrected chi connectivity index (χ2v) is 8.48. The van der Waals surface area contributed by atoms with Gasteiger partial charge in [0.15, 0.2) is 9.84 Å². The molecule has 0 saturated heterocycles. The van der Waals surface area contributed by atoms with Gasteiger partial charge in [-0.15, -0.1) is 0 Å². The van der Waals surface area contributed by atoms with E-state index in [1.54, 1.807) is 0 Å². The van der Waals surface area contributed by atoms with Crippen molar-refractivity contribution in [3.8, 4) is 0 Å². The molecule has 1 aliphatic rings. The second-order valence-electron chi connectivity index (χ2n) is 6.33. The van der Waals surface area contributed by atoms with Crippen molar-refractivity contribution in [1.82, 2.24) is 0 Å². The van der Waals surface area contributed by atoms with Crippen molar-refractivity contribution in [2.24, 2.45) is 11.7 Å². The van der Waals surface area contributed by atoms with Crippen LogP contribution in [0, 0.1) is 5.92 Å². The Balaban J connectivity index is 1.94. The summed E-state index contributed by atoms with van der Waals surface area (Å²) in [5, 5.41) is 0. The summed E-state index contributed by atoms with van der Waals surface area (Å²) in [6, 6.07) is 7.65. The Kier molecular flexibility index (Phi) is 5.82. The molecule has 0 heterocycles. The van der Waals surface area contributed by atoms with Crippen molar-refractivity contribution >= 4 is 9.84 Å². The molecule has 0 bridgehead atoms. The fraction of sp³-hybridized carbons (Fsp3) is 0.647. The zero-order chi connectivity index (χ0) is 15.3. The number of rotatable bonds is 7. The quantitative estimate of drug-likeness (QED) is 0.841. The Bertz CT molecular complexity index is 530. The molecule has 118 valence electrons. The fourth-order valence-electron chi connectivity index (χ4n) is 3.19. The summed E-state index contributed by atoms with van der Waals surface area (Å²) >= 11 is 0. The molecule has 21 heavy (non-hydrogen) atoms. The normalized spacial score (nSPS) is 18.0. The number of aryl methyl sites for hydroxylation is 1. The van der Waals surface area contributed by atoms with Crippen LogP contribution in [-0.2, 0) is 16.3 Å². The van der Waals surface area contributed by atoms with Gasteiger partial charge in [-0.3, -0.25) is 0 Å². The van der Waals surface area contributed by atoms with Gasteiger partial charge < -0.3 is 5.73 Å². The first-order chi connectivity index (χ1) is 10.00. The molecule has 1 fully saturated rings. The predicted molar refractivity (Wildman–Crippen MR) is 88.0 cm³/mol. The first-order valence-electron chi connectivity index (χ1n) is 8.05. The van der Waals surface area contributed by atoms with Gasteiger partial charge in [-0.2, -0.15) is 0 Å². The van der Waals surface area contributed by atoms with Crippen molar-refractivity contribution in [2.45, 2.75) is 51.5 Å². The third-order valence-corrected chi connectivity index (χ3v) is 6.19. The minimum absolute atomic E-state index is 0.0661. The van der Waals surface area contributed by atoms with E-state index in [1.807, 2.05) is 12.1 Å². The number of hydrogen-bond donors (Lipinski definition) is 1. The Morgan fingerprint density at radius 1 is 1.19 bits per heavy atom. The summed E-state index contributed by atoms with van der Waals surface area (Å²) in [6.45, 7) is 2.15. The maximum absolute atomic E-state index is 12.3. The lowest BCUT2D eigenvalue weighted by molar-refractivity contribution is 0.554. The predicted octanol–water partition coefficient (Wildman–Crippen LogP) is 3.24. The number of hydrogen-bond acceptors (Lipinski definition) is 3. The number of nitrogens with two attached hydrogens (primary N) is 1. The summed E-state index contributed by atoms with van der Waals surface area (Å²) < 4.78 is 24.5. The van der Waals surface area contributed by atoms with Crippen LogP contribution in [0.1, 0.15) is 56.2 Å². The van der Waals surface area contributed by atoms with Gasteiger partial charge in [-0.25, -0.2) is 8.42 Å². The monoisotopic (exact) mass is 309 g/mol. The van der Waals surface area contributed by atoms with Crippen molar-refractivity contribution in [3.05, 3.63) is 35.4 Å². The van der Waals surface area contributed by atoms with Gasteiger partial charge in [-0.05, 0) is 36.3 Å². The molecule has 0 aliphatic heterocycles. The van der Waals surface area contributed by atoms with E-state index in [0.717, 1.165) is 31.2 Å². The van der Waals surface area contributed by atoms with E-state index < -0.39 is 15.9 Å². The Morgan fingerprint density at radius 3 is 2.38 bits per heavy atom. The molecule has 3 nitrogen and oxygen atoms in total. The van der Waals surface area contributed by atoms with Gasteiger partial charge in [0.2, 0.25) is 0 Å². The minimum Gasteiger partial charge on any atom is -0.323 e. The molecule has 1 atom stereocenters. The topological polar surface area (TPSA) is 60.2 Å². The molecule has 4 heteroatoms. The molecule has 2 rings (SSSR count). The zero-order valence-electron chi connectivity index (χ0n) is 12.9. The van der Waals surface area contributed by atoms with Crippen molar-refractivity contribution in [3.63, 3.8) is 0 Å². The van der Waals surface area contributed by atoms with E-state index in [0.29, 0.717) is 11.7 Å². The van der Waals surface area contributed by atoms with E-state index in [2.05, 4.69) is 19.1 Å². The highest BCUT2D eigenvalue weighted by molar-refractivity contribution is 7.91. The maximum Gasteiger partial charge on any atom is 0.152 e. The van der Waals surface area contributed by atoms with E-state index in [1.165, 1.54) is 18.4 Å². The van der Waals surface area contributed by atoms with Crippen molar-refractivity contribution in [2.75, 3.05) is 11.5 Å². The summed E-state index contributed by atoms with van der Waals surface area (Å²) in [6.07, 6.45) is 6.62. The number of benzene rings is 1. The van der Waals surface area contributed by atoms with Crippen LogP contribution in [0.5, 0.6) is 0 Å². The smallest absolute Gasteiger partial charge is 0.152 e. The van der Waals surface area contributed by atoms with Crippen LogP contribution in [0.15, 0.2) is 24.3 Å². The van der Waals surface area contributed by atoms with Crippen LogP contribution < -0.4 is 5.73 Å². The summed E-state index contributed by atoms with van der Waals surface area (Å²) in [7, 11) is -3.06. The van der Waals surface area contributed by atoms with Gasteiger partial charge in [0.1, 0.15) is 0 Å². The molecule has 1 aromatic rings. The van der Waals surface area contributed by atoms with Crippen LogP contribution in [0.2, 0.25) is 0 Å². The molecule has 0 radical (unpaired) electrons. The standard InChI is InChI=1S/C17H27NO2S/c1-2-5-14-8-10-16(11-9-14)17(18)13-21(19,20)12-15-6-3-4-7-15/h8-11,15,17H,2-7,12-13,18H2,1H3.